The minimum Gasteiger partial charge on any atom is -0.283 e. The summed E-state index contributed by atoms with van der Waals surface area (Å²) in [6, 6.07) is 46.0. The fraction of sp³-hybridized carbons (Fsp3) is 0.0303. The van der Waals surface area contributed by atoms with E-state index in [1.54, 1.807) is 0 Å². The Bertz CT molecular complexity index is 1830. The van der Waals surface area contributed by atoms with Crippen molar-refractivity contribution in [3.8, 4) is 11.1 Å². The van der Waals surface area contributed by atoms with Crippen LogP contribution in [-0.4, -0.2) is 14.7 Å². The second kappa shape index (κ2) is 10.1. The van der Waals surface area contributed by atoms with Crippen LogP contribution in [0.2, 0.25) is 0 Å². The maximum atomic E-state index is 12.5. The van der Waals surface area contributed by atoms with E-state index in [0.29, 0.717) is 5.69 Å². The summed E-state index contributed by atoms with van der Waals surface area (Å²) in [6.45, 7) is 0. The van der Waals surface area contributed by atoms with Crippen molar-refractivity contribution in [3.63, 3.8) is 0 Å². The Labute approximate surface area is 224 Å². The van der Waals surface area contributed by atoms with Crippen molar-refractivity contribution < 1.29 is 8.42 Å². The molecule has 0 bridgehead atoms. The molecule has 6 rings (SSSR count). The van der Waals surface area contributed by atoms with Gasteiger partial charge in [-0.25, -0.2) is 8.42 Å². The first-order chi connectivity index (χ1) is 18.5. The summed E-state index contributed by atoms with van der Waals surface area (Å²) in [5.41, 5.74) is 2.55. The first kappa shape index (κ1) is 24.4. The average Bonchev–Trinajstić information content (AvgIpc) is 2.94. The van der Waals surface area contributed by atoms with Crippen molar-refractivity contribution in [2.45, 2.75) is 0 Å². The lowest BCUT2D eigenvalue weighted by molar-refractivity contribution is 0.607. The van der Waals surface area contributed by atoms with Crippen LogP contribution in [0, 0.1) is 0 Å². The first-order valence-corrected chi connectivity index (χ1v) is 15.6. The molecule has 0 heterocycles. The number of fused-ring (bicyclic) bond motifs is 2. The number of anilines is 1. The third kappa shape index (κ3) is 4.69. The van der Waals surface area contributed by atoms with Gasteiger partial charge in [0.15, 0.2) is 0 Å². The molecule has 0 aromatic heterocycles. The number of hydrogen-bond donors (Lipinski definition) is 1. The van der Waals surface area contributed by atoms with Crippen molar-refractivity contribution in [3.05, 3.63) is 133 Å². The van der Waals surface area contributed by atoms with E-state index in [4.69, 9.17) is 0 Å². The molecule has 0 saturated carbocycles. The number of nitrogens with one attached hydrogen (secondary N) is 1. The molecule has 0 aliphatic rings. The van der Waals surface area contributed by atoms with E-state index in [-0.39, 0.29) is 0 Å². The first-order valence-electron chi connectivity index (χ1n) is 12.4. The van der Waals surface area contributed by atoms with Gasteiger partial charge in [-0.3, -0.25) is 4.72 Å². The standard InChI is InChI=1S/C33H26NO2PS/c1-38(35,36)34-30-22-20-24-12-8-10-18-28(24)32(30)33-29-19-11-9-13-25(29)21-23-31(33)37(26-14-4-2-5-15-26)27-16-6-3-7-17-27/h2-23,34H,1H3. The highest BCUT2D eigenvalue weighted by Gasteiger charge is 2.25. The largest absolute Gasteiger partial charge is 0.283 e. The third-order valence-corrected chi connectivity index (χ3v) is 9.73. The quantitative estimate of drug-likeness (QED) is 0.241. The molecule has 0 aliphatic heterocycles. The van der Waals surface area contributed by atoms with Gasteiger partial charge < -0.3 is 0 Å². The van der Waals surface area contributed by atoms with Crippen LogP contribution in [0.3, 0.4) is 0 Å². The Hall–Kier alpha value is -3.98. The molecule has 6 aromatic carbocycles. The SMILES string of the molecule is CS(=O)(=O)Nc1ccc2ccccc2c1-c1c(P(c2ccccc2)c2ccccc2)ccc2ccccc12. The van der Waals surface area contributed by atoms with Crippen molar-refractivity contribution in [2.75, 3.05) is 11.0 Å². The van der Waals surface area contributed by atoms with Crippen LogP contribution in [0.5, 0.6) is 0 Å². The Balaban J connectivity index is 1.78. The lowest BCUT2D eigenvalue weighted by atomic mass is 9.92. The minimum atomic E-state index is -3.51. The van der Waals surface area contributed by atoms with E-state index in [2.05, 4.69) is 95.7 Å². The minimum absolute atomic E-state index is 0.583. The van der Waals surface area contributed by atoms with Crippen molar-refractivity contribution in [2.24, 2.45) is 0 Å². The molecule has 5 heteroatoms. The normalized spacial score (nSPS) is 11.7. The molecular weight excluding hydrogens is 505 g/mol. The summed E-state index contributed by atoms with van der Waals surface area (Å²) < 4.78 is 27.9. The molecule has 186 valence electrons. The maximum absolute atomic E-state index is 12.5. The molecule has 0 unspecified atom stereocenters. The number of sulfonamides is 1. The van der Waals surface area contributed by atoms with Crippen molar-refractivity contribution >= 4 is 61.1 Å². The van der Waals surface area contributed by atoms with Crippen molar-refractivity contribution in [1.29, 1.82) is 0 Å². The average molecular weight is 532 g/mol. The highest BCUT2D eigenvalue weighted by Crippen LogP contribution is 2.44. The van der Waals surface area contributed by atoms with Gasteiger partial charge in [-0.05, 0) is 51.4 Å². The maximum Gasteiger partial charge on any atom is 0.229 e. The van der Waals surface area contributed by atoms with Gasteiger partial charge in [0.2, 0.25) is 10.0 Å². The molecule has 0 fully saturated rings. The topological polar surface area (TPSA) is 46.2 Å². The van der Waals surface area contributed by atoms with Gasteiger partial charge in [-0.15, -0.1) is 0 Å². The lowest BCUT2D eigenvalue weighted by Gasteiger charge is -2.25. The number of hydrogen-bond acceptors (Lipinski definition) is 2. The van der Waals surface area contributed by atoms with Gasteiger partial charge in [-0.1, -0.05) is 127 Å². The predicted molar refractivity (Wildman–Crippen MR) is 164 cm³/mol. The van der Waals surface area contributed by atoms with E-state index in [1.807, 2.05) is 42.5 Å². The van der Waals surface area contributed by atoms with E-state index in [1.165, 1.54) is 22.2 Å². The summed E-state index contributed by atoms with van der Waals surface area (Å²) in [5.74, 6) is 0. The molecule has 3 nitrogen and oxygen atoms in total. The molecular formula is C33H26NO2PS. The summed E-state index contributed by atoms with van der Waals surface area (Å²) in [4.78, 5) is 0. The van der Waals surface area contributed by atoms with Crippen LogP contribution in [0.15, 0.2) is 133 Å². The molecule has 38 heavy (non-hydrogen) atoms. The van der Waals surface area contributed by atoms with Crippen LogP contribution >= 0.6 is 7.92 Å². The summed E-state index contributed by atoms with van der Waals surface area (Å²) in [7, 11) is -4.45. The van der Waals surface area contributed by atoms with Gasteiger partial charge in [0.25, 0.3) is 0 Å². The smallest absolute Gasteiger partial charge is 0.229 e. The zero-order valence-electron chi connectivity index (χ0n) is 20.9. The highest BCUT2D eigenvalue weighted by atomic mass is 32.2. The lowest BCUT2D eigenvalue weighted by Crippen LogP contribution is -2.22. The fourth-order valence-electron chi connectivity index (χ4n) is 5.12. The van der Waals surface area contributed by atoms with E-state index in [0.717, 1.165) is 32.7 Å². The van der Waals surface area contributed by atoms with Gasteiger partial charge in [-0.2, -0.15) is 0 Å². The van der Waals surface area contributed by atoms with Crippen LogP contribution in [0.1, 0.15) is 0 Å². The Morgan fingerprint density at radius 2 is 1.00 bits per heavy atom. The molecule has 6 aromatic rings. The molecule has 1 N–H and O–H groups in total. The number of rotatable bonds is 6. The van der Waals surface area contributed by atoms with E-state index >= 15 is 0 Å². The molecule has 0 amide bonds. The van der Waals surface area contributed by atoms with Gasteiger partial charge in [0.05, 0.1) is 11.9 Å². The van der Waals surface area contributed by atoms with Gasteiger partial charge in [0.1, 0.15) is 0 Å². The van der Waals surface area contributed by atoms with Crippen LogP contribution < -0.4 is 20.6 Å². The molecule has 0 saturated heterocycles. The second-order valence-corrected chi connectivity index (χ2v) is 13.2. The molecule has 0 aliphatic carbocycles. The van der Waals surface area contributed by atoms with E-state index in [9.17, 15) is 8.42 Å². The summed E-state index contributed by atoms with van der Waals surface area (Å²) in [6.07, 6.45) is 1.21. The zero-order valence-corrected chi connectivity index (χ0v) is 22.6. The summed E-state index contributed by atoms with van der Waals surface area (Å²) >= 11 is 0. The van der Waals surface area contributed by atoms with Crippen LogP contribution in [-0.2, 0) is 10.0 Å². The zero-order chi connectivity index (χ0) is 26.1. The Kier molecular flexibility index (Phi) is 6.45. The van der Waals surface area contributed by atoms with Gasteiger partial charge >= 0.3 is 0 Å². The van der Waals surface area contributed by atoms with Crippen molar-refractivity contribution in [1.82, 2.24) is 0 Å². The Morgan fingerprint density at radius 3 is 1.55 bits per heavy atom. The van der Waals surface area contributed by atoms with Crippen LogP contribution in [0.25, 0.3) is 32.7 Å². The highest BCUT2D eigenvalue weighted by molar-refractivity contribution is 7.92. The van der Waals surface area contributed by atoms with E-state index < -0.39 is 17.9 Å². The number of benzene rings is 6. The van der Waals surface area contributed by atoms with Crippen LogP contribution in [0.4, 0.5) is 5.69 Å². The summed E-state index contributed by atoms with van der Waals surface area (Å²) in [5, 5.41) is 7.94. The monoisotopic (exact) mass is 531 g/mol. The molecule has 0 atom stereocenters. The Morgan fingerprint density at radius 1 is 0.526 bits per heavy atom. The molecule has 0 radical (unpaired) electrons. The second-order valence-electron chi connectivity index (χ2n) is 9.27. The fourth-order valence-corrected chi connectivity index (χ4v) is 8.16. The van der Waals surface area contributed by atoms with Gasteiger partial charge in [0, 0.05) is 11.1 Å². The third-order valence-electron chi connectivity index (χ3n) is 6.65. The predicted octanol–water partition coefficient (Wildman–Crippen LogP) is 6.79. The molecule has 0 spiro atoms.